The maximum atomic E-state index is 11.0. The van der Waals surface area contributed by atoms with Gasteiger partial charge in [-0.15, -0.1) is 0 Å². The molecule has 5 rings (SSSR count). The van der Waals surface area contributed by atoms with E-state index in [2.05, 4.69) is 56.9 Å². The third-order valence-electron chi connectivity index (χ3n) is 7.26. The summed E-state index contributed by atoms with van der Waals surface area (Å²) in [5.74, 6) is 0.932. The molecule has 3 atom stereocenters. The van der Waals surface area contributed by atoms with E-state index < -0.39 is 0 Å². The van der Waals surface area contributed by atoms with Crippen molar-refractivity contribution in [2.45, 2.75) is 56.7 Å². The summed E-state index contributed by atoms with van der Waals surface area (Å²) in [6.07, 6.45) is 8.91. The number of aromatic nitrogens is 1. The molecule has 1 saturated carbocycles. The Hall–Kier alpha value is -3.45. The van der Waals surface area contributed by atoms with Gasteiger partial charge in [0.05, 0.1) is 4.92 Å². The van der Waals surface area contributed by atoms with Gasteiger partial charge in [0, 0.05) is 55.2 Å². The molecule has 1 aliphatic carbocycles. The number of benzene rings is 2. The molecule has 0 radical (unpaired) electrons. The van der Waals surface area contributed by atoms with E-state index in [1.54, 1.807) is 12.1 Å². The summed E-state index contributed by atoms with van der Waals surface area (Å²) in [6.45, 7) is 1.90. The number of nitrogens with one attached hydrogen (secondary N) is 2. The molecule has 7 nitrogen and oxygen atoms in total. The van der Waals surface area contributed by atoms with Crippen LogP contribution >= 0.6 is 0 Å². The van der Waals surface area contributed by atoms with Crippen LogP contribution < -0.4 is 15.5 Å². The zero-order valence-electron chi connectivity index (χ0n) is 20.0. The van der Waals surface area contributed by atoms with Crippen molar-refractivity contribution in [1.29, 1.82) is 0 Å². The van der Waals surface area contributed by atoms with E-state index in [1.165, 1.54) is 24.0 Å². The number of non-ortho nitro benzene ring substituents is 1. The Bertz CT molecular complexity index is 1120. The van der Waals surface area contributed by atoms with E-state index in [4.69, 9.17) is 0 Å². The van der Waals surface area contributed by atoms with Gasteiger partial charge in [-0.2, -0.15) is 0 Å². The van der Waals surface area contributed by atoms with Gasteiger partial charge in [-0.3, -0.25) is 10.1 Å². The molecule has 2 heterocycles. The number of hydrogen-bond donors (Lipinski definition) is 2. The van der Waals surface area contributed by atoms with Crippen LogP contribution in [0.1, 0.15) is 38.5 Å². The number of nitro benzene ring substituents is 1. The molecule has 1 aliphatic heterocycles. The average molecular weight is 472 g/mol. The summed E-state index contributed by atoms with van der Waals surface area (Å²) in [4.78, 5) is 17.6. The van der Waals surface area contributed by atoms with Gasteiger partial charge in [-0.25, -0.2) is 4.98 Å². The van der Waals surface area contributed by atoms with Gasteiger partial charge < -0.3 is 15.5 Å². The summed E-state index contributed by atoms with van der Waals surface area (Å²) in [7, 11) is 0. The second-order valence-corrected chi connectivity index (χ2v) is 9.66. The van der Waals surface area contributed by atoms with Crippen LogP contribution in [-0.2, 0) is 0 Å². The lowest BCUT2D eigenvalue weighted by Crippen LogP contribution is -2.54. The van der Waals surface area contributed by atoms with E-state index in [9.17, 15) is 10.1 Å². The van der Waals surface area contributed by atoms with Crippen LogP contribution in [0.15, 0.2) is 72.9 Å². The van der Waals surface area contributed by atoms with Gasteiger partial charge in [0.1, 0.15) is 5.82 Å². The Morgan fingerprint density at radius 1 is 0.886 bits per heavy atom. The second-order valence-electron chi connectivity index (χ2n) is 9.66. The molecule has 2 aliphatic rings. The van der Waals surface area contributed by atoms with Crippen molar-refractivity contribution in [2.24, 2.45) is 0 Å². The predicted octanol–water partition coefficient (Wildman–Crippen LogP) is 5.64. The largest absolute Gasteiger partial charge is 0.370 e. The molecule has 2 aromatic carbocycles. The summed E-state index contributed by atoms with van der Waals surface area (Å²) in [6, 6.07) is 22.7. The second kappa shape index (κ2) is 10.9. The lowest BCUT2D eigenvalue weighted by Gasteiger charge is -2.40. The van der Waals surface area contributed by atoms with Crippen LogP contribution in [0, 0.1) is 10.1 Å². The number of pyridine rings is 1. The molecular weight excluding hydrogens is 438 g/mol. The van der Waals surface area contributed by atoms with Gasteiger partial charge in [-0.1, -0.05) is 43.2 Å². The van der Waals surface area contributed by atoms with Crippen LogP contribution in [0.3, 0.4) is 0 Å². The van der Waals surface area contributed by atoms with Crippen molar-refractivity contribution in [1.82, 2.24) is 10.3 Å². The Labute approximate surface area is 206 Å². The number of nitrogens with zero attached hydrogens (tertiary/aromatic N) is 3. The molecule has 182 valence electrons. The molecule has 35 heavy (non-hydrogen) atoms. The van der Waals surface area contributed by atoms with Crippen molar-refractivity contribution in [3.05, 3.63) is 83.0 Å². The molecule has 2 fully saturated rings. The molecule has 1 aromatic heterocycles. The van der Waals surface area contributed by atoms with Crippen molar-refractivity contribution >= 4 is 17.2 Å². The zero-order chi connectivity index (χ0) is 24.0. The minimum absolute atomic E-state index is 0.140. The molecule has 7 heteroatoms. The fourth-order valence-corrected chi connectivity index (χ4v) is 5.45. The highest BCUT2D eigenvalue weighted by Gasteiger charge is 2.29. The SMILES string of the molecule is O=[N+]([O-])c1ccc(N2CCC[C@H](N[C@@H]3CCCC[C@H]3Nc3cc(-c4ccccc4)ccn3)C2)cc1. The highest BCUT2D eigenvalue weighted by molar-refractivity contribution is 5.66. The predicted molar refractivity (Wildman–Crippen MR) is 141 cm³/mol. The summed E-state index contributed by atoms with van der Waals surface area (Å²) >= 11 is 0. The monoisotopic (exact) mass is 471 g/mol. The maximum Gasteiger partial charge on any atom is 0.269 e. The zero-order valence-corrected chi connectivity index (χ0v) is 20.0. The van der Waals surface area contributed by atoms with Crippen LogP contribution in [0.5, 0.6) is 0 Å². The van der Waals surface area contributed by atoms with Gasteiger partial charge in [0.25, 0.3) is 5.69 Å². The van der Waals surface area contributed by atoms with Crippen molar-refractivity contribution in [3.8, 4) is 11.1 Å². The molecule has 0 bridgehead atoms. The molecule has 0 spiro atoms. The van der Waals surface area contributed by atoms with Crippen LogP contribution in [0.2, 0.25) is 0 Å². The van der Waals surface area contributed by atoms with E-state index in [0.29, 0.717) is 18.1 Å². The lowest BCUT2D eigenvalue weighted by atomic mass is 9.89. The lowest BCUT2D eigenvalue weighted by molar-refractivity contribution is -0.384. The Balaban J connectivity index is 1.23. The van der Waals surface area contributed by atoms with E-state index in [-0.39, 0.29) is 10.6 Å². The maximum absolute atomic E-state index is 11.0. The first-order chi connectivity index (χ1) is 17.2. The Morgan fingerprint density at radius 3 is 2.43 bits per heavy atom. The smallest absolute Gasteiger partial charge is 0.269 e. The number of piperidine rings is 1. The summed E-state index contributed by atoms with van der Waals surface area (Å²) < 4.78 is 0. The number of rotatable bonds is 7. The average Bonchev–Trinajstić information content (AvgIpc) is 2.91. The van der Waals surface area contributed by atoms with Gasteiger partial charge in [-0.05, 0) is 61.1 Å². The van der Waals surface area contributed by atoms with Crippen LogP contribution in [-0.4, -0.2) is 41.1 Å². The first-order valence-electron chi connectivity index (χ1n) is 12.7. The molecule has 0 amide bonds. The topological polar surface area (TPSA) is 83.3 Å². The van der Waals surface area contributed by atoms with E-state index in [1.807, 2.05) is 24.4 Å². The quantitative estimate of drug-likeness (QED) is 0.343. The first-order valence-corrected chi connectivity index (χ1v) is 12.7. The third-order valence-corrected chi connectivity index (χ3v) is 7.26. The number of nitro groups is 1. The van der Waals surface area contributed by atoms with Crippen LogP contribution in [0.25, 0.3) is 11.1 Å². The van der Waals surface area contributed by atoms with Crippen molar-refractivity contribution in [3.63, 3.8) is 0 Å². The molecule has 2 N–H and O–H groups in total. The van der Waals surface area contributed by atoms with E-state index >= 15 is 0 Å². The van der Waals surface area contributed by atoms with Crippen molar-refractivity contribution in [2.75, 3.05) is 23.3 Å². The normalized spacial score (nSPS) is 22.5. The summed E-state index contributed by atoms with van der Waals surface area (Å²) in [5.41, 5.74) is 3.57. The number of hydrogen-bond acceptors (Lipinski definition) is 6. The minimum Gasteiger partial charge on any atom is -0.370 e. The Kier molecular flexibility index (Phi) is 7.23. The fourth-order valence-electron chi connectivity index (χ4n) is 5.45. The highest BCUT2D eigenvalue weighted by atomic mass is 16.6. The minimum atomic E-state index is -0.342. The third kappa shape index (κ3) is 5.80. The van der Waals surface area contributed by atoms with Crippen molar-refractivity contribution < 1.29 is 4.92 Å². The van der Waals surface area contributed by atoms with Gasteiger partial charge in [0.15, 0.2) is 0 Å². The molecule has 3 aromatic rings. The molecule has 0 unspecified atom stereocenters. The first kappa shape index (κ1) is 23.3. The standard InChI is InChI=1S/C28H33N5O2/c34-33(35)25-14-12-24(13-15-25)32-18-6-9-23(20-32)30-26-10-4-5-11-27(26)31-28-19-22(16-17-29-28)21-7-2-1-3-8-21/h1-3,7-8,12-17,19,23,26-27,30H,4-6,9-11,18,20H2,(H,29,31)/t23-,26+,27+/m0/s1. The highest BCUT2D eigenvalue weighted by Crippen LogP contribution is 2.27. The summed E-state index contributed by atoms with van der Waals surface area (Å²) in [5, 5.41) is 18.7. The van der Waals surface area contributed by atoms with E-state index in [0.717, 1.165) is 50.3 Å². The fraction of sp³-hybridized carbons (Fsp3) is 0.393. The Morgan fingerprint density at radius 2 is 1.66 bits per heavy atom. The molecular formula is C28H33N5O2. The molecule has 1 saturated heterocycles. The van der Waals surface area contributed by atoms with Crippen LogP contribution in [0.4, 0.5) is 17.2 Å². The number of anilines is 2. The van der Waals surface area contributed by atoms with Gasteiger partial charge >= 0.3 is 0 Å². The van der Waals surface area contributed by atoms with Gasteiger partial charge in [0.2, 0.25) is 0 Å².